The van der Waals surface area contributed by atoms with Crippen molar-refractivity contribution >= 4 is 5.97 Å². The van der Waals surface area contributed by atoms with Crippen molar-refractivity contribution in [2.45, 2.75) is 187 Å². The van der Waals surface area contributed by atoms with Gasteiger partial charge in [0.1, 0.15) is 6.10 Å². The molecule has 47 heavy (non-hydrogen) atoms. The fourth-order valence-electron chi connectivity index (χ4n) is 5.41. The quantitative estimate of drug-likeness (QED) is 0.0414. The summed E-state index contributed by atoms with van der Waals surface area (Å²) in [6.07, 6.45) is 52.6. The molecular weight excluding hydrogens is 580 g/mol. The highest BCUT2D eigenvalue weighted by Gasteiger charge is 2.13. The maximum atomic E-state index is 12.2. The van der Waals surface area contributed by atoms with Crippen LogP contribution in [0.2, 0.25) is 0 Å². The molecule has 1 atom stereocenters. The van der Waals surface area contributed by atoms with E-state index in [2.05, 4.69) is 74.6 Å². The molecule has 4 heteroatoms. The number of hydrogen-bond donors (Lipinski definition) is 1. The minimum absolute atomic E-state index is 0.177. The first-order chi connectivity index (χ1) is 23.2. The molecule has 0 spiro atoms. The molecule has 0 rings (SSSR count). The van der Waals surface area contributed by atoms with Crippen LogP contribution in [0, 0.1) is 0 Å². The Morgan fingerprint density at radius 1 is 0.532 bits per heavy atom. The third kappa shape index (κ3) is 38.4. The molecule has 272 valence electrons. The van der Waals surface area contributed by atoms with Crippen LogP contribution in [0.5, 0.6) is 0 Å². The fraction of sp³-hybridized carbons (Fsp3) is 0.744. The summed E-state index contributed by atoms with van der Waals surface area (Å²) >= 11 is 0. The van der Waals surface area contributed by atoms with Crippen LogP contribution in [0.25, 0.3) is 0 Å². The molecule has 0 aromatic carbocycles. The van der Waals surface area contributed by atoms with Gasteiger partial charge in [-0.15, -0.1) is 0 Å². The largest absolute Gasteiger partial charge is 0.457 e. The van der Waals surface area contributed by atoms with Gasteiger partial charge >= 0.3 is 5.97 Å². The first-order valence-electron chi connectivity index (χ1n) is 19.9. The average Bonchev–Trinajstić information content (AvgIpc) is 3.08. The Kier molecular flexibility index (Phi) is 38.6. The van der Waals surface area contributed by atoms with Crippen molar-refractivity contribution in [2.24, 2.45) is 0 Å². The molecule has 0 aliphatic rings. The Labute approximate surface area is 292 Å². The zero-order chi connectivity index (χ0) is 34.1. The molecule has 0 heterocycles. The SMILES string of the molecule is CC/C=C\C/C=C\C/C=C\C/C=C\C/C=C\CCCCCCCCCC(=O)OC(CO)COCCCCCCCCCCCCCC. The van der Waals surface area contributed by atoms with E-state index >= 15 is 0 Å². The highest BCUT2D eigenvalue weighted by molar-refractivity contribution is 5.69. The maximum Gasteiger partial charge on any atom is 0.306 e. The van der Waals surface area contributed by atoms with Crippen LogP contribution in [0.15, 0.2) is 60.8 Å². The maximum absolute atomic E-state index is 12.2. The summed E-state index contributed by atoms with van der Waals surface area (Å²) in [5.74, 6) is -0.213. The van der Waals surface area contributed by atoms with E-state index < -0.39 is 6.10 Å². The van der Waals surface area contributed by atoms with Crippen molar-refractivity contribution < 1.29 is 19.4 Å². The molecule has 0 aliphatic heterocycles. The van der Waals surface area contributed by atoms with E-state index in [4.69, 9.17) is 9.47 Å². The first kappa shape index (κ1) is 45.1. The third-order valence-electron chi connectivity index (χ3n) is 8.36. The second-order valence-electron chi connectivity index (χ2n) is 13.0. The molecular formula is C43H76O4. The van der Waals surface area contributed by atoms with Gasteiger partial charge in [-0.05, 0) is 57.8 Å². The van der Waals surface area contributed by atoms with Gasteiger partial charge in [0, 0.05) is 13.0 Å². The fourth-order valence-corrected chi connectivity index (χ4v) is 5.41. The van der Waals surface area contributed by atoms with E-state index in [1.54, 1.807) is 0 Å². The zero-order valence-electron chi connectivity index (χ0n) is 31.0. The summed E-state index contributed by atoms with van der Waals surface area (Å²) in [4.78, 5) is 12.2. The highest BCUT2D eigenvalue weighted by Crippen LogP contribution is 2.13. The van der Waals surface area contributed by atoms with Crippen molar-refractivity contribution in [3.63, 3.8) is 0 Å². The molecule has 0 aromatic heterocycles. The monoisotopic (exact) mass is 657 g/mol. The number of esters is 1. The van der Waals surface area contributed by atoms with Gasteiger partial charge in [-0.2, -0.15) is 0 Å². The van der Waals surface area contributed by atoms with Gasteiger partial charge in [0.05, 0.1) is 13.2 Å². The van der Waals surface area contributed by atoms with E-state index in [1.165, 1.54) is 103 Å². The minimum atomic E-state index is -0.539. The Morgan fingerprint density at radius 2 is 0.957 bits per heavy atom. The summed E-state index contributed by atoms with van der Waals surface area (Å²) in [6.45, 7) is 5.22. The summed E-state index contributed by atoms with van der Waals surface area (Å²) in [7, 11) is 0. The summed E-state index contributed by atoms with van der Waals surface area (Å²) < 4.78 is 11.1. The number of carbonyl (C=O) groups is 1. The van der Waals surface area contributed by atoms with Crippen LogP contribution in [0.3, 0.4) is 0 Å². The standard InChI is InChI=1S/C43H76O4/c1-3-5-7-9-11-13-15-17-18-19-20-21-22-23-24-25-26-27-28-30-32-34-36-38-43(45)47-42(40-44)41-46-39-37-35-33-31-29-16-14-12-10-8-6-4-2/h5,7,11,13,17-18,20-21,23-24,42,44H,3-4,6,8-10,12,14-16,19,22,25-41H2,1-2H3/b7-5-,13-11-,18-17-,21-20-,24-23-. The van der Waals surface area contributed by atoms with Crippen molar-refractivity contribution in [2.75, 3.05) is 19.8 Å². The molecule has 0 radical (unpaired) electrons. The molecule has 0 aromatic rings. The predicted octanol–water partition coefficient (Wildman–Crippen LogP) is 12.9. The smallest absolute Gasteiger partial charge is 0.306 e. The Balaban J connectivity index is 3.50. The number of carbonyl (C=O) groups excluding carboxylic acids is 1. The van der Waals surface area contributed by atoms with Crippen LogP contribution < -0.4 is 0 Å². The molecule has 1 N–H and O–H groups in total. The van der Waals surface area contributed by atoms with Crippen LogP contribution in [-0.2, 0) is 14.3 Å². The van der Waals surface area contributed by atoms with Crippen molar-refractivity contribution in [3.8, 4) is 0 Å². The normalized spacial score (nSPS) is 13.0. The number of ether oxygens (including phenoxy) is 2. The lowest BCUT2D eigenvalue weighted by Gasteiger charge is -2.16. The second-order valence-corrected chi connectivity index (χ2v) is 13.0. The lowest BCUT2D eigenvalue weighted by molar-refractivity contribution is -0.154. The lowest BCUT2D eigenvalue weighted by Crippen LogP contribution is -2.27. The number of aliphatic hydroxyl groups is 1. The zero-order valence-corrected chi connectivity index (χ0v) is 31.0. The van der Waals surface area contributed by atoms with Gasteiger partial charge in [0.25, 0.3) is 0 Å². The van der Waals surface area contributed by atoms with Crippen LogP contribution in [-0.4, -0.2) is 37.0 Å². The van der Waals surface area contributed by atoms with E-state index in [1.807, 2.05) is 0 Å². The number of hydrogen-bond acceptors (Lipinski definition) is 4. The Morgan fingerprint density at radius 3 is 1.45 bits per heavy atom. The van der Waals surface area contributed by atoms with Gasteiger partial charge in [-0.25, -0.2) is 0 Å². The van der Waals surface area contributed by atoms with Gasteiger partial charge in [0.2, 0.25) is 0 Å². The van der Waals surface area contributed by atoms with Gasteiger partial charge in [-0.1, -0.05) is 177 Å². The number of unbranched alkanes of at least 4 members (excludes halogenated alkanes) is 18. The summed E-state index contributed by atoms with van der Waals surface area (Å²) in [5, 5.41) is 9.57. The minimum Gasteiger partial charge on any atom is -0.457 e. The van der Waals surface area contributed by atoms with Gasteiger partial charge in [-0.3, -0.25) is 4.79 Å². The van der Waals surface area contributed by atoms with Crippen molar-refractivity contribution in [1.82, 2.24) is 0 Å². The average molecular weight is 657 g/mol. The molecule has 4 nitrogen and oxygen atoms in total. The second kappa shape index (κ2) is 40.3. The summed E-state index contributed by atoms with van der Waals surface area (Å²) in [5.41, 5.74) is 0. The number of allylic oxidation sites excluding steroid dienone is 10. The van der Waals surface area contributed by atoms with Crippen LogP contribution in [0.1, 0.15) is 181 Å². The molecule has 0 saturated heterocycles. The van der Waals surface area contributed by atoms with E-state index in [-0.39, 0.29) is 12.6 Å². The van der Waals surface area contributed by atoms with Crippen molar-refractivity contribution in [1.29, 1.82) is 0 Å². The molecule has 0 aliphatic carbocycles. The van der Waals surface area contributed by atoms with E-state index in [0.29, 0.717) is 19.6 Å². The molecule has 0 bridgehead atoms. The molecule has 0 saturated carbocycles. The van der Waals surface area contributed by atoms with E-state index in [0.717, 1.165) is 57.8 Å². The lowest BCUT2D eigenvalue weighted by atomic mass is 10.1. The first-order valence-corrected chi connectivity index (χ1v) is 19.9. The molecule has 0 amide bonds. The number of rotatable bonds is 36. The number of aliphatic hydroxyl groups excluding tert-OH is 1. The predicted molar refractivity (Wildman–Crippen MR) is 205 cm³/mol. The van der Waals surface area contributed by atoms with Gasteiger partial charge in [0.15, 0.2) is 0 Å². The van der Waals surface area contributed by atoms with Crippen LogP contribution in [0.4, 0.5) is 0 Å². The summed E-state index contributed by atoms with van der Waals surface area (Å²) in [6, 6.07) is 0. The van der Waals surface area contributed by atoms with Gasteiger partial charge < -0.3 is 14.6 Å². The molecule has 1 unspecified atom stereocenters. The molecule has 0 fully saturated rings. The van der Waals surface area contributed by atoms with Crippen molar-refractivity contribution in [3.05, 3.63) is 60.8 Å². The Hall–Kier alpha value is -1.91. The van der Waals surface area contributed by atoms with E-state index in [9.17, 15) is 9.90 Å². The topological polar surface area (TPSA) is 55.8 Å². The highest BCUT2D eigenvalue weighted by atomic mass is 16.6. The Bertz CT molecular complexity index is 779. The third-order valence-corrected chi connectivity index (χ3v) is 8.36. The van der Waals surface area contributed by atoms with Crippen LogP contribution >= 0.6 is 0 Å².